The van der Waals surface area contributed by atoms with Gasteiger partial charge in [0.15, 0.2) is 0 Å². The largest absolute Gasteiger partial charge is 0.387 e. The third-order valence-electron chi connectivity index (χ3n) is 2.50. The van der Waals surface area contributed by atoms with Crippen LogP contribution in [0.3, 0.4) is 0 Å². The molecule has 3 nitrogen and oxygen atoms in total. The van der Waals surface area contributed by atoms with Crippen LogP contribution in [0, 0.1) is 0 Å². The van der Waals surface area contributed by atoms with Gasteiger partial charge in [-0.25, -0.2) is 0 Å². The summed E-state index contributed by atoms with van der Waals surface area (Å²) in [6.07, 6.45) is 2.22. The highest BCUT2D eigenvalue weighted by Gasteiger charge is 2.09. The number of hydrogen-bond acceptors (Lipinski definition) is 4. The molecule has 4 heteroatoms. The van der Waals surface area contributed by atoms with E-state index in [-0.39, 0.29) is 0 Å². The van der Waals surface area contributed by atoms with E-state index in [1.807, 2.05) is 18.2 Å². The first-order valence-electron chi connectivity index (χ1n) is 5.35. The van der Waals surface area contributed by atoms with Crippen LogP contribution >= 0.6 is 11.5 Å². The van der Waals surface area contributed by atoms with Gasteiger partial charge in [0.05, 0.1) is 6.10 Å². The number of hydrogen-bond donors (Lipinski definition) is 1. The van der Waals surface area contributed by atoms with Crippen LogP contribution in [0.4, 0.5) is 0 Å². The molecule has 0 fully saturated rings. The van der Waals surface area contributed by atoms with Gasteiger partial charge in [0, 0.05) is 5.38 Å². The van der Waals surface area contributed by atoms with Crippen molar-refractivity contribution in [3.05, 3.63) is 47.0 Å². The monoisotopic (exact) mass is 234 g/mol. The van der Waals surface area contributed by atoms with E-state index in [4.69, 9.17) is 0 Å². The molecule has 0 spiro atoms. The van der Waals surface area contributed by atoms with Crippen LogP contribution < -0.4 is 0 Å². The first-order chi connectivity index (χ1) is 7.86. The number of aryl methyl sites for hydroxylation is 1. The Labute approximate surface area is 98.9 Å². The molecule has 0 radical (unpaired) electrons. The third-order valence-corrected chi connectivity index (χ3v) is 3.03. The minimum atomic E-state index is -0.470. The second kappa shape index (κ2) is 5.72. The van der Waals surface area contributed by atoms with Crippen molar-refractivity contribution in [2.24, 2.45) is 0 Å². The van der Waals surface area contributed by atoms with Gasteiger partial charge in [-0.3, -0.25) is 0 Å². The zero-order chi connectivity index (χ0) is 11.2. The number of benzene rings is 1. The number of nitrogens with zero attached hydrogens (tertiary/aromatic N) is 2. The van der Waals surface area contributed by atoms with E-state index in [0.29, 0.717) is 5.69 Å². The maximum atomic E-state index is 9.79. The summed E-state index contributed by atoms with van der Waals surface area (Å²) in [4.78, 5) is 0. The Morgan fingerprint density at radius 1 is 1.25 bits per heavy atom. The number of rotatable bonds is 5. The molecule has 0 amide bonds. The molecule has 2 aromatic rings. The highest BCUT2D eigenvalue weighted by Crippen LogP contribution is 2.18. The normalized spacial score (nSPS) is 12.6. The Hall–Kier alpha value is -1.26. The summed E-state index contributed by atoms with van der Waals surface area (Å²) in [6.45, 7) is 0. The van der Waals surface area contributed by atoms with Crippen molar-refractivity contribution in [1.29, 1.82) is 0 Å². The Balaban J connectivity index is 1.76. The van der Waals surface area contributed by atoms with E-state index in [0.717, 1.165) is 19.3 Å². The minimum absolute atomic E-state index is 0.470. The predicted octanol–water partition coefficient (Wildman–Crippen LogP) is 2.59. The maximum Gasteiger partial charge on any atom is 0.104 e. The molecule has 0 aliphatic carbocycles. The molecule has 1 heterocycles. The lowest BCUT2D eigenvalue weighted by molar-refractivity contribution is 0.160. The van der Waals surface area contributed by atoms with Crippen molar-refractivity contribution in [3.8, 4) is 0 Å². The van der Waals surface area contributed by atoms with Gasteiger partial charge >= 0.3 is 0 Å². The van der Waals surface area contributed by atoms with Crippen LogP contribution in [0.15, 0.2) is 35.7 Å². The van der Waals surface area contributed by atoms with Gasteiger partial charge in [-0.2, -0.15) is 0 Å². The third kappa shape index (κ3) is 3.12. The molecule has 1 N–H and O–H groups in total. The van der Waals surface area contributed by atoms with Crippen LogP contribution in [-0.4, -0.2) is 14.7 Å². The Bertz CT molecular complexity index is 402. The minimum Gasteiger partial charge on any atom is -0.387 e. The predicted molar refractivity (Wildman–Crippen MR) is 64.2 cm³/mol. The topological polar surface area (TPSA) is 46.0 Å². The van der Waals surface area contributed by atoms with E-state index >= 15 is 0 Å². The van der Waals surface area contributed by atoms with Crippen LogP contribution in [0.1, 0.15) is 30.2 Å². The Morgan fingerprint density at radius 2 is 2.06 bits per heavy atom. The average Bonchev–Trinajstić information content (AvgIpc) is 2.84. The molecule has 0 bridgehead atoms. The van der Waals surface area contributed by atoms with Gasteiger partial charge in [-0.05, 0) is 36.4 Å². The van der Waals surface area contributed by atoms with Crippen molar-refractivity contribution in [2.45, 2.75) is 25.4 Å². The van der Waals surface area contributed by atoms with E-state index in [2.05, 4.69) is 21.7 Å². The van der Waals surface area contributed by atoms with Gasteiger partial charge < -0.3 is 5.11 Å². The van der Waals surface area contributed by atoms with Crippen LogP contribution in [0.2, 0.25) is 0 Å². The molecular weight excluding hydrogens is 220 g/mol. The Morgan fingerprint density at radius 3 is 2.75 bits per heavy atom. The van der Waals surface area contributed by atoms with E-state index < -0.39 is 6.10 Å². The summed E-state index contributed by atoms with van der Waals surface area (Å²) >= 11 is 1.28. The molecule has 1 aromatic carbocycles. The van der Waals surface area contributed by atoms with E-state index in [9.17, 15) is 5.11 Å². The standard InChI is InChI=1S/C12H14N2OS/c15-12(11-9-16-14-13-11)8-4-7-10-5-2-1-3-6-10/h1-3,5-6,9,12,15H,4,7-8H2. The van der Waals surface area contributed by atoms with Crippen molar-refractivity contribution in [1.82, 2.24) is 9.59 Å². The highest BCUT2D eigenvalue weighted by molar-refractivity contribution is 7.03. The summed E-state index contributed by atoms with van der Waals surface area (Å²) in [5.41, 5.74) is 2.00. The lowest BCUT2D eigenvalue weighted by atomic mass is 10.1. The first kappa shape index (κ1) is 11.2. The summed E-state index contributed by atoms with van der Waals surface area (Å²) in [5, 5.41) is 15.5. The summed E-state index contributed by atoms with van der Waals surface area (Å²) in [6, 6.07) is 10.3. The molecule has 2 rings (SSSR count). The van der Waals surface area contributed by atoms with Crippen molar-refractivity contribution in [2.75, 3.05) is 0 Å². The second-order valence-electron chi connectivity index (χ2n) is 3.72. The quantitative estimate of drug-likeness (QED) is 0.865. The van der Waals surface area contributed by atoms with Gasteiger partial charge in [0.1, 0.15) is 5.69 Å². The fourth-order valence-corrected chi connectivity index (χ4v) is 2.11. The molecule has 1 atom stereocenters. The highest BCUT2D eigenvalue weighted by atomic mass is 32.1. The molecule has 1 aromatic heterocycles. The SMILES string of the molecule is OC(CCCc1ccccc1)c1csnn1. The first-order valence-corrected chi connectivity index (χ1v) is 6.19. The summed E-state index contributed by atoms with van der Waals surface area (Å²) in [5.74, 6) is 0. The summed E-state index contributed by atoms with van der Waals surface area (Å²) in [7, 11) is 0. The zero-order valence-corrected chi connectivity index (χ0v) is 9.73. The van der Waals surface area contributed by atoms with Gasteiger partial charge in [-0.1, -0.05) is 34.8 Å². The fraction of sp³-hybridized carbons (Fsp3) is 0.333. The number of aromatic nitrogens is 2. The van der Waals surface area contributed by atoms with E-state index in [1.54, 1.807) is 5.38 Å². The zero-order valence-electron chi connectivity index (χ0n) is 8.91. The van der Waals surface area contributed by atoms with Crippen molar-refractivity contribution < 1.29 is 5.11 Å². The van der Waals surface area contributed by atoms with Gasteiger partial charge in [-0.15, -0.1) is 5.10 Å². The molecule has 0 saturated heterocycles. The van der Waals surface area contributed by atoms with Gasteiger partial charge in [0.2, 0.25) is 0 Å². The van der Waals surface area contributed by atoms with Crippen LogP contribution in [-0.2, 0) is 6.42 Å². The van der Waals surface area contributed by atoms with Crippen molar-refractivity contribution in [3.63, 3.8) is 0 Å². The maximum absolute atomic E-state index is 9.79. The molecule has 0 saturated carbocycles. The number of aliphatic hydroxyl groups excluding tert-OH is 1. The van der Waals surface area contributed by atoms with Gasteiger partial charge in [0.25, 0.3) is 0 Å². The summed E-state index contributed by atoms with van der Waals surface area (Å²) < 4.78 is 3.74. The van der Waals surface area contributed by atoms with Crippen LogP contribution in [0.25, 0.3) is 0 Å². The fourth-order valence-electron chi connectivity index (χ4n) is 1.61. The lowest BCUT2D eigenvalue weighted by Gasteiger charge is -2.06. The molecule has 0 aliphatic rings. The smallest absolute Gasteiger partial charge is 0.104 e. The molecule has 16 heavy (non-hydrogen) atoms. The Kier molecular flexibility index (Phi) is 4.02. The molecule has 1 unspecified atom stereocenters. The van der Waals surface area contributed by atoms with Crippen molar-refractivity contribution >= 4 is 11.5 Å². The van der Waals surface area contributed by atoms with Crippen LogP contribution in [0.5, 0.6) is 0 Å². The average molecular weight is 234 g/mol. The van der Waals surface area contributed by atoms with E-state index in [1.165, 1.54) is 17.1 Å². The molecular formula is C12H14N2OS. The number of aliphatic hydroxyl groups is 1. The molecule has 0 aliphatic heterocycles. The lowest BCUT2D eigenvalue weighted by Crippen LogP contribution is -1.99. The molecule has 84 valence electrons. The second-order valence-corrected chi connectivity index (χ2v) is 4.33.